The minimum absolute atomic E-state index is 0.624. The average Bonchev–Trinajstić information content (AvgIpc) is 2.99. The second-order valence-electron chi connectivity index (χ2n) is 5.38. The standard InChI is InChI=1S/C19H11N3O/c1-2-6-16-13(5-1)14-7-8-15(22-19(14)23-16)18-17-12(9-11-21-18)4-3-10-20-17/h1-11H. The molecule has 0 amide bonds. The number of benzene rings is 1. The van der Waals surface area contributed by atoms with Crippen LogP contribution >= 0.6 is 0 Å². The number of rotatable bonds is 1. The second kappa shape index (κ2) is 4.61. The van der Waals surface area contributed by atoms with Crippen LogP contribution in [0.4, 0.5) is 0 Å². The van der Waals surface area contributed by atoms with Gasteiger partial charge in [0.1, 0.15) is 11.3 Å². The van der Waals surface area contributed by atoms with Crippen LogP contribution in [0.15, 0.2) is 71.4 Å². The number of pyridine rings is 3. The smallest absolute Gasteiger partial charge is 0.227 e. The predicted molar refractivity (Wildman–Crippen MR) is 90.0 cm³/mol. The fourth-order valence-electron chi connectivity index (χ4n) is 2.93. The second-order valence-corrected chi connectivity index (χ2v) is 5.38. The Bertz CT molecular complexity index is 1170. The molecular weight excluding hydrogens is 286 g/mol. The Morgan fingerprint density at radius 2 is 1.70 bits per heavy atom. The van der Waals surface area contributed by atoms with Crippen LogP contribution in [0.3, 0.4) is 0 Å². The van der Waals surface area contributed by atoms with Crippen LogP contribution in [0, 0.1) is 0 Å². The van der Waals surface area contributed by atoms with Gasteiger partial charge in [0.05, 0.1) is 11.2 Å². The van der Waals surface area contributed by atoms with Crippen LogP contribution in [-0.4, -0.2) is 15.0 Å². The van der Waals surface area contributed by atoms with Crippen LogP contribution in [0.2, 0.25) is 0 Å². The van der Waals surface area contributed by atoms with Gasteiger partial charge in [0, 0.05) is 28.6 Å². The van der Waals surface area contributed by atoms with E-state index in [1.165, 1.54) is 0 Å². The van der Waals surface area contributed by atoms with Crippen molar-refractivity contribution in [2.75, 3.05) is 0 Å². The first-order valence-electron chi connectivity index (χ1n) is 7.38. The molecule has 0 saturated heterocycles. The van der Waals surface area contributed by atoms with Gasteiger partial charge in [-0.25, -0.2) is 4.98 Å². The molecular formula is C19H11N3O. The Hall–Kier alpha value is -3.27. The molecule has 0 saturated carbocycles. The molecule has 0 radical (unpaired) electrons. The van der Waals surface area contributed by atoms with Gasteiger partial charge in [-0.2, -0.15) is 0 Å². The lowest BCUT2D eigenvalue weighted by molar-refractivity contribution is 0.654. The number of aromatic nitrogens is 3. The minimum Gasteiger partial charge on any atom is -0.438 e. The van der Waals surface area contributed by atoms with Crippen molar-refractivity contribution < 1.29 is 4.42 Å². The van der Waals surface area contributed by atoms with Gasteiger partial charge in [-0.3, -0.25) is 9.97 Å². The number of hydrogen-bond acceptors (Lipinski definition) is 4. The summed E-state index contributed by atoms with van der Waals surface area (Å²) in [6.07, 6.45) is 3.55. The molecule has 0 N–H and O–H groups in total. The molecule has 4 heterocycles. The maximum Gasteiger partial charge on any atom is 0.227 e. The molecule has 1 aromatic carbocycles. The summed E-state index contributed by atoms with van der Waals surface area (Å²) >= 11 is 0. The first kappa shape index (κ1) is 12.3. The summed E-state index contributed by atoms with van der Waals surface area (Å²) in [5.41, 5.74) is 3.85. The first-order chi connectivity index (χ1) is 11.4. The van der Waals surface area contributed by atoms with Gasteiger partial charge in [-0.1, -0.05) is 24.3 Å². The van der Waals surface area contributed by atoms with Crippen molar-refractivity contribution in [1.29, 1.82) is 0 Å². The van der Waals surface area contributed by atoms with E-state index in [0.29, 0.717) is 5.71 Å². The summed E-state index contributed by atoms with van der Waals surface area (Å²) in [6, 6.07) is 17.9. The predicted octanol–water partition coefficient (Wildman–Crippen LogP) is 4.59. The average molecular weight is 297 g/mol. The highest BCUT2D eigenvalue weighted by Crippen LogP contribution is 2.30. The summed E-state index contributed by atoms with van der Waals surface area (Å²) in [7, 11) is 0. The van der Waals surface area contributed by atoms with E-state index in [-0.39, 0.29) is 0 Å². The fourth-order valence-corrected chi connectivity index (χ4v) is 2.93. The van der Waals surface area contributed by atoms with Gasteiger partial charge in [-0.15, -0.1) is 0 Å². The van der Waals surface area contributed by atoms with Crippen LogP contribution in [-0.2, 0) is 0 Å². The third-order valence-corrected chi connectivity index (χ3v) is 4.01. The van der Waals surface area contributed by atoms with E-state index in [0.717, 1.165) is 38.6 Å². The lowest BCUT2D eigenvalue weighted by atomic mass is 10.1. The molecule has 108 valence electrons. The molecule has 4 heteroatoms. The zero-order valence-corrected chi connectivity index (χ0v) is 12.1. The number of hydrogen-bond donors (Lipinski definition) is 0. The van der Waals surface area contributed by atoms with Gasteiger partial charge in [-0.05, 0) is 30.3 Å². The number of fused-ring (bicyclic) bond motifs is 4. The zero-order valence-electron chi connectivity index (χ0n) is 12.1. The molecule has 4 aromatic heterocycles. The molecule has 0 fully saturated rings. The summed E-state index contributed by atoms with van der Waals surface area (Å²) in [5.74, 6) is 0. The van der Waals surface area contributed by atoms with Gasteiger partial charge >= 0.3 is 0 Å². The van der Waals surface area contributed by atoms with E-state index in [1.54, 1.807) is 12.4 Å². The third-order valence-electron chi connectivity index (χ3n) is 4.01. The van der Waals surface area contributed by atoms with Crippen molar-refractivity contribution in [3.63, 3.8) is 0 Å². The van der Waals surface area contributed by atoms with Crippen molar-refractivity contribution in [3.05, 3.63) is 67.0 Å². The highest BCUT2D eigenvalue weighted by molar-refractivity contribution is 6.04. The normalized spacial score (nSPS) is 11.5. The van der Waals surface area contributed by atoms with Crippen molar-refractivity contribution >= 4 is 33.0 Å². The van der Waals surface area contributed by atoms with Crippen LogP contribution in [0.25, 0.3) is 44.4 Å². The fraction of sp³-hybridized carbons (Fsp3) is 0. The van der Waals surface area contributed by atoms with Crippen LogP contribution in [0.5, 0.6) is 0 Å². The monoisotopic (exact) mass is 297 g/mol. The van der Waals surface area contributed by atoms with Crippen molar-refractivity contribution in [2.45, 2.75) is 0 Å². The quantitative estimate of drug-likeness (QED) is 0.454. The Labute approximate surface area is 131 Å². The Balaban J connectivity index is 1.81. The Morgan fingerprint density at radius 3 is 2.70 bits per heavy atom. The Morgan fingerprint density at radius 1 is 0.739 bits per heavy atom. The molecule has 0 bridgehead atoms. The molecule has 0 aliphatic rings. The topological polar surface area (TPSA) is 51.8 Å². The molecule has 0 unspecified atom stereocenters. The third kappa shape index (κ3) is 1.82. The summed E-state index contributed by atoms with van der Waals surface area (Å²) in [4.78, 5) is 13.6. The van der Waals surface area contributed by atoms with Crippen LogP contribution < -0.4 is 0 Å². The molecule has 0 aliphatic heterocycles. The maximum absolute atomic E-state index is 5.87. The summed E-state index contributed by atoms with van der Waals surface area (Å²) < 4.78 is 5.87. The van der Waals surface area contributed by atoms with E-state index >= 15 is 0 Å². The SMILES string of the molecule is c1cnc2c(-c3ccc4c(n3)oc3ccccc34)nccc2c1. The van der Waals surface area contributed by atoms with Crippen molar-refractivity contribution in [1.82, 2.24) is 15.0 Å². The van der Waals surface area contributed by atoms with E-state index < -0.39 is 0 Å². The Kier molecular flexibility index (Phi) is 2.46. The van der Waals surface area contributed by atoms with E-state index in [9.17, 15) is 0 Å². The highest BCUT2D eigenvalue weighted by atomic mass is 16.3. The zero-order chi connectivity index (χ0) is 15.2. The number of furan rings is 1. The van der Waals surface area contributed by atoms with Crippen molar-refractivity contribution in [2.24, 2.45) is 0 Å². The molecule has 4 nitrogen and oxygen atoms in total. The number of para-hydroxylation sites is 1. The van der Waals surface area contributed by atoms with E-state index in [4.69, 9.17) is 4.42 Å². The summed E-state index contributed by atoms with van der Waals surface area (Å²) in [6.45, 7) is 0. The summed E-state index contributed by atoms with van der Waals surface area (Å²) in [5, 5.41) is 3.13. The maximum atomic E-state index is 5.87. The van der Waals surface area contributed by atoms with Gasteiger partial charge < -0.3 is 4.42 Å². The molecule has 5 rings (SSSR count). The minimum atomic E-state index is 0.624. The van der Waals surface area contributed by atoms with Gasteiger partial charge in [0.25, 0.3) is 0 Å². The molecule has 23 heavy (non-hydrogen) atoms. The first-order valence-corrected chi connectivity index (χ1v) is 7.38. The molecule has 5 aromatic rings. The van der Waals surface area contributed by atoms with E-state index in [2.05, 4.69) is 15.0 Å². The molecule has 0 atom stereocenters. The lowest BCUT2D eigenvalue weighted by Gasteiger charge is -2.03. The molecule has 0 spiro atoms. The number of nitrogens with zero attached hydrogens (tertiary/aromatic N) is 3. The van der Waals surface area contributed by atoms with E-state index in [1.807, 2.05) is 54.6 Å². The largest absolute Gasteiger partial charge is 0.438 e. The van der Waals surface area contributed by atoms with Crippen molar-refractivity contribution in [3.8, 4) is 11.4 Å². The van der Waals surface area contributed by atoms with Gasteiger partial charge in [0.15, 0.2) is 0 Å². The molecule has 0 aliphatic carbocycles. The van der Waals surface area contributed by atoms with Gasteiger partial charge in [0.2, 0.25) is 5.71 Å². The highest BCUT2D eigenvalue weighted by Gasteiger charge is 2.12. The van der Waals surface area contributed by atoms with Crippen LogP contribution in [0.1, 0.15) is 0 Å². The lowest BCUT2D eigenvalue weighted by Crippen LogP contribution is -1.90.